The molecule has 0 radical (unpaired) electrons. The predicted octanol–water partition coefficient (Wildman–Crippen LogP) is 4.78. The second-order valence-electron chi connectivity index (χ2n) is 8.48. The summed E-state index contributed by atoms with van der Waals surface area (Å²) >= 11 is 8.40. The first kappa shape index (κ1) is 24.9. The van der Waals surface area contributed by atoms with Gasteiger partial charge in [-0.3, -0.25) is 9.69 Å². The molecule has 2 saturated heterocycles. The van der Waals surface area contributed by atoms with Gasteiger partial charge >= 0.3 is 0 Å². The van der Waals surface area contributed by atoms with E-state index < -0.39 is 16.1 Å². The van der Waals surface area contributed by atoms with E-state index in [2.05, 4.69) is 0 Å². The van der Waals surface area contributed by atoms with E-state index in [1.54, 1.807) is 11.0 Å². The highest BCUT2D eigenvalue weighted by Gasteiger charge is 2.43. The number of carbonyl (C=O) groups is 1. The first-order valence-corrected chi connectivity index (χ1v) is 15.1. The Hall–Kier alpha value is -1.76. The minimum Gasteiger partial charge on any atom is -0.494 e. The Balaban J connectivity index is 1.48. The summed E-state index contributed by atoms with van der Waals surface area (Å²) < 4.78 is 40.9. The summed E-state index contributed by atoms with van der Waals surface area (Å²) in [7, 11) is -3.84. The Morgan fingerprint density at radius 1 is 1.26 bits per heavy atom. The fourth-order valence-corrected chi connectivity index (χ4v) is 8.80. The number of fused-ring (bicyclic) bond motifs is 1. The average Bonchev–Trinajstić information content (AvgIpc) is 3.63. The van der Waals surface area contributed by atoms with Gasteiger partial charge in [0.05, 0.1) is 33.8 Å². The van der Waals surface area contributed by atoms with Crippen molar-refractivity contribution in [1.82, 2.24) is 9.29 Å². The summed E-state index contributed by atoms with van der Waals surface area (Å²) in [6.07, 6.45) is 2.75. The van der Waals surface area contributed by atoms with Crippen LogP contribution < -0.4 is 9.64 Å². The van der Waals surface area contributed by atoms with Crippen LogP contribution in [0.3, 0.4) is 0 Å². The van der Waals surface area contributed by atoms with Crippen molar-refractivity contribution in [3.63, 3.8) is 0 Å². The van der Waals surface area contributed by atoms with Crippen molar-refractivity contribution in [2.75, 3.05) is 31.2 Å². The number of halogens is 1. The lowest BCUT2D eigenvalue weighted by Gasteiger charge is -2.29. The van der Waals surface area contributed by atoms with Crippen molar-refractivity contribution in [2.45, 2.75) is 49.0 Å². The van der Waals surface area contributed by atoms with Gasteiger partial charge in [0.15, 0.2) is 5.13 Å². The molecule has 1 aromatic carbocycles. The summed E-state index contributed by atoms with van der Waals surface area (Å²) in [6.45, 7) is 3.77. The van der Waals surface area contributed by atoms with Gasteiger partial charge in [-0.2, -0.15) is 4.31 Å². The number of thiophene rings is 1. The molecule has 2 unspecified atom stereocenters. The molecule has 188 valence electrons. The van der Waals surface area contributed by atoms with Crippen molar-refractivity contribution in [2.24, 2.45) is 0 Å². The molecule has 3 aromatic rings. The Bertz CT molecular complexity index is 1320. The molecule has 12 heteroatoms. The fourth-order valence-electron chi connectivity index (χ4n) is 4.53. The van der Waals surface area contributed by atoms with Crippen LogP contribution in [0, 0.1) is 0 Å². The van der Waals surface area contributed by atoms with Crippen molar-refractivity contribution in [3.05, 3.63) is 34.7 Å². The lowest BCUT2D eigenvalue weighted by atomic mass is 10.2. The van der Waals surface area contributed by atoms with Gasteiger partial charge in [-0.1, -0.05) is 22.9 Å². The van der Waals surface area contributed by atoms with Gasteiger partial charge in [0, 0.05) is 13.2 Å². The maximum Gasteiger partial charge on any atom is 0.253 e. The molecule has 0 aliphatic carbocycles. The second-order valence-corrected chi connectivity index (χ2v) is 13.3. The molecular weight excluding hydrogens is 530 g/mol. The van der Waals surface area contributed by atoms with Gasteiger partial charge in [0.2, 0.25) is 5.91 Å². The predicted molar refractivity (Wildman–Crippen MR) is 138 cm³/mol. The second kappa shape index (κ2) is 10.3. The number of anilines is 1. The minimum atomic E-state index is -3.84. The average molecular weight is 556 g/mol. The molecule has 35 heavy (non-hydrogen) atoms. The number of thiazole rings is 1. The summed E-state index contributed by atoms with van der Waals surface area (Å²) in [6, 6.07) is 7.92. The topological polar surface area (TPSA) is 89.0 Å². The molecule has 1 amide bonds. The molecule has 0 bridgehead atoms. The molecular formula is C23H26ClN3O5S3. The van der Waals surface area contributed by atoms with E-state index in [1.807, 2.05) is 25.1 Å². The highest BCUT2D eigenvalue weighted by Crippen LogP contribution is 2.36. The molecule has 0 saturated carbocycles. The van der Waals surface area contributed by atoms with Crippen LogP contribution in [0.1, 0.15) is 32.6 Å². The summed E-state index contributed by atoms with van der Waals surface area (Å²) in [4.78, 5) is 20.3. The monoisotopic (exact) mass is 555 g/mol. The van der Waals surface area contributed by atoms with E-state index in [1.165, 1.54) is 21.7 Å². The molecule has 0 N–H and O–H groups in total. The molecule has 2 aliphatic rings. The van der Waals surface area contributed by atoms with Crippen LogP contribution in [0.25, 0.3) is 10.2 Å². The summed E-state index contributed by atoms with van der Waals surface area (Å²) in [5, 5.41) is 0.539. The SMILES string of the molecule is CCOc1ccc2nc(N(CC3CCCO3)C(=O)C3CCCN3S(=O)(=O)c3ccc(Cl)s3)sc2c1. The summed E-state index contributed by atoms with van der Waals surface area (Å²) in [5.41, 5.74) is 0.766. The molecule has 4 heterocycles. The highest BCUT2D eigenvalue weighted by atomic mass is 35.5. The van der Waals surface area contributed by atoms with Crippen LogP contribution in [-0.2, 0) is 19.6 Å². The number of hydrogen-bond donors (Lipinski definition) is 0. The van der Waals surface area contributed by atoms with E-state index >= 15 is 0 Å². The van der Waals surface area contributed by atoms with Crippen LogP contribution in [0.4, 0.5) is 5.13 Å². The number of carbonyl (C=O) groups excluding carboxylic acids is 1. The van der Waals surface area contributed by atoms with Crippen molar-refractivity contribution in [1.29, 1.82) is 0 Å². The van der Waals surface area contributed by atoms with E-state index in [0.717, 1.165) is 40.1 Å². The zero-order valence-corrected chi connectivity index (χ0v) is 22.4. The largest absolute Gasteiger partial charge is 0.494 e. The first-order valence-electron chi connectivity index (χ1n) is 11.6. The normalized spacial score (nSPS) is 21.1. The Morgan fingerprint density at radius 2 is 2.11 bits per heavy atom. The minimum absolute atomic E-state index is 0.104. The fraction of sp³-hybridized carbons (Fsp3) is 0.478. The standard InChI is InChI=1S/C23H26ClN3O5S3/c1-2-31-15-7-8-17-19(13-15)33-23(25-17)26(14-16-5-4-12-32-16)22(28)18-6-3-11-27(18)35(29,30)21-10-9-20(24)34-21/h7-10,13,16,18H,2-6,11-12,14H2,1H3. The molecule has 2 atom stereocenters. The molecule has 0 spiro atoms. The lowest BCUT2D eigenvalue weighted by molar-refractivity contribution is -0.122. The Morgan fingerprint density at radius 3 is 2.83 bits per heavy atom. The number of benzene rings is 1. The van der Waals surface area contributed by atoms with Crippen LogP contribution in [0.5, 0.6) is 5.75 Å². The number of aromatic nitrogens is 1. The van der Waals surface area contributed by atoms with E-state index in [4.69, 9.17) is 26.1 Å². The van der Waals surface area contributed by atoms with E-state index in [9.17, 15) is 13.2 Å². The third kappa shape index (κ3) is 5.07. The van der Waals surface area contributed by atoms with Gasteiger partial charge < -0.3 is 9.47 Å². The quantitative estimate of drug-likeness (QED) is 0.397. The van der Waals surface area contributed by atoms with Crippen molar-refractivity contribution in [3.8, 4) is 5.75 Å². The van der Waals surface area contributed by atoms with Gasteiger partial charge in [-0.05, 0) is 62.9 Å². The van der Waals surface area contributed by atoms with Crippen LogP contribution in [0.15, 0.2) is 34.5 Å². The van der Waals surface area contributed by atoms with Gasteiger partial charge in [0.1, 0.15) is 16.0 Å². The van der Waals surface area contributed by atoms with Crippen LogP contribution in [-0.4, -0.2) is 62.1 Å². The number of ether oxygens (including phenoxy) is 2. The zero-order chi connectivity index (χ0) is 24.6. The molecule has 2 aromatic heterocycles. The number of nitrogens with zero attached hydrogens (tertiary/aromatic N) is 3. The number of rotatable bonds is 8. The lowest BCUT2D eigenvalue weighted by Crippen LogP contribution is -2.49. The first-order chi connectivity index (χ1) is 16.9. The highest BCUT2D eigenvalue weighted by molar-refractivity contribution is 7.91. The summed E-state index contributed by atoms with van der Waals surface area (Å²) in [5.74, 6) is 0.475. The van der Waals surface area contributed by atoms with Gasteiger partial charge in [-0.25, -0.2) is 13.4 Å². The molecule has 8 nitrogen and oxygen atoms in total. The third-order valence-electron chi connectivity index (χ3n) is 6.17. The van der Waals surface area contributed by atoms with Gasteiger partial charge in [0.25, 0.3) is 10.0 Å². The Kier molecular flexibility index (Phi) is 7.34. The zero-order valence-electron chi connectivity index (χ0n) is 19.2. The molecule has 2 fully saturated rings. The van der Waals surface area contributed by atoms with Crippen LogP contribution in [0.2, 0.25) is 4.34 Å². The van der Waals surface area contributed by atoms with E-state index in [0.29, 0.717) is 48.6 Å². The smallest absolute Gasteiger partial charge is 0.253 e. The van der Waals surface area contributed by atoms with Crippen molar-refractivity contribution < 1.29 is 22.7 Å². The van der Waals surface area contributed by atoms with Crippen molar-refractivity contribution >= 4 is 65.6 Å². The molecule has 2 aliphatic heterocycles. The Labute approximate surface area is 217 Å². The van der Waals surface area contributed by atoms with Crippen LogP contribution >= 0.6 is 34.3 Å². The molecule has 5 rings (SSSR count). The van der Waals surface area contributed by atoms with E-state index in [-0.39, 0.29) is 16.2 Å². The number of hydrogen-bond acceptors (Lipinski definition) is 8. The number of sulfonamides is 1. The maximum atomic E-state index is 14.0. The third-order valence-corrected chi connectivity index (χ3v) is 10.8. The maximum absolute atomic E-state index is 14.0. The number of amides is 1. The van der Waals surface area contributed by atoms with Gasteiger partial charge in [-0.15, -0.1) is 11.3 Å².